The van der Waals surface area contributed by atoms with E-state index in [4.69, 9.17) is 4.74 Å². The third kappa shape index (κ3) is 5.47. The normalized spacial score (nSPS) is 20.8. The molecule has 5 nitrogen and oxygen atoms in total. The van der Waals surface area contributed by atoms with Crippen molar-refractivity contribution in [2.75, 3.05) is 45.9 Å². The van der Waals surface area contributed by atoms with Gasteiger partial charge in [0.05, 0.1) is 19.3 Å². The molecule has 1 unspecified atom stereocenters. The van der Waals surface area contributed by atoms with E-state index in [1.807, 2.05) is 18.7 Å². The fourth-order valence-corrected chi connectivity index (χ4v) is 2.36. The fraction of sp³-hybridized carbons (Fsp3) is 0.929. The zero-order valence-corrected chi connectivity index (χ0v) is 12.8. The first kappa shape index (κ1) is 16.4. The van der Waals surface area contributed by atoms with Crippen LogP contribution in [0.4, 0.5) is 0 Å². The van der Waals surface area contributed by atoms with Crippen molar-refractivity contribution in [3.8, 4) is 0 Å². The van der Waals surface area contributed by atoms with E-state index in [2.05, 4.69) is 24.1 Å². The van der Waals surface area contributed by atoms with Crippen LogP contribution in [0.1, 0.15) is 27.7 Å². The Morgan fingerprint density at radius 2 is 2.11 bits per heavy atom. The van der Waals surface area contributed by atoms with Crippen LogP contribution in [-0.4, -0.2) is 73.7 Å². The molecule has 1 aliphatic heterocycles. The monoisotopic (exact) mass is 271 g/mol. The molecule has 0 spiro atoms. The molecule has 1 aliphatic rings. The summed E-state index contributed by atoms with van der Waals surface area (Å²) in [5, 5.41) is 3.22. The van der Waals surface area contributed by atoms with Crippen LogP contribution in [0.15, 0.2) is 0 Å². The zero-order chi connectivity index (χ0) is 14.3. The van der Waals surface area contributed by atoms with Crippen molar-refractivity contribution in [1.29, 1.82) is 0 Å². The Kier molecular flexibility index (Phi) is 7.34. The lowest BCUT2D eigenvalue weighted by Gasteiger charge is -2.35. The van der Waals surface area contributed by atoms with Crippen LogP contribution in [0, 0.1) is 0 Å². The molecule has 1 N–H and O–H groups in total. The molecule has 1 amide bonds. The first-order valence-corrected chi connectivity index (χ1v) is 7.42. The maximum atomic E-state index is 11.8. The Labute approximate surface area is 117 Å². The first-order chi connectivity index (χ1) is 9.08. The van der Waals surface area contributed by atoms with Gasteiger partial charge in [0, 0.05) is 38.8 Å². The molecule has 1 rings (SSSR count). The highest BCUT2D eigenvalue weighted by molar-refractivity contribution is 5.78. The predicted molar refractivity (Wildman–Crippen MR) is 77.2 cm³/mol. The van der Waals surface area contributed by atoms with Gasteiger partial charge in [-0.25, -0.2) is 0 Å². The molecule has 19 heavy (non-hydrogen) atoms. The van der Waals surface area contributed by atoms with Gasteiger partial charge in [0.25, 0.3) is 0 Å². The van der Waals surface area contributed by atoms with Gasteiger partial charge in [-0.1, -0.05) is 0 Å². The van der Waals surface area contributed by atoms with E-state index in [9.17, 15) is 4.79 Å². The summed E-state index contributed by atoms with van der Waals surface area (Å²) >= 11 is 0. The maximum Gasteiger partial charge on any atom is 0.236 e. The number of nitrogens with one attached hydrogen (secondary N) is 1. The summed E-state index contributed by atoms with van der Waals surface area (Å²) in [4.78, 5) is 16.1. The van der Waals surface area contributed by atoms with E-state index < -0.39 is 0 Å². The predicted octanol–water partition coefficient (Wildman–Crippen LogP) is 0.554. The van der Waals surface area contributed by atoms with Gasteiger partial charge in [0.2, 0.25) is 5.91 Å². The standard InChI is InChI=1S/C14H29N3O2/c1-5-16(6-2)14(18)10-15-9-13-11-17(12(3)4)7-8-19-13/h12-13,15H,5-11H2,1-4H3. The summed E-state index contributed by atoms with van der Waals surface area (Å²) in [5.41, 5.74) is 0. The van der Waals surface area contributed by atoms with Crippen molar-refractivity contribution in [2.24, 2.45) is 0 Å². The lowest BCUT2D eigenvalue weighted by atomic mass is 10.2. The molecule has 0 aliphatic carbocycles. The van der Waals surface area contributed by atoms with Gasteiger partial charge in [-0.05, 0) is 27.7 Å². The fourth-order valence-electron chi connectivity index (χ4n) is 2.36. The molecule has 112 valence electrons. The SMILES string of the molecule is CCN(CC)C(=O)CNCC1CN(C(C)C)CCO1. The largest absolute Gasteiger partial charge is 0.374 e. The molecule has 0 aromatic carbocycles. The Balaban J connectivity index is 2.23. The minimum Gasteiger partial charge on any atom is -0.374 e. The number of carbonyl (C=O) groups excluding carboxylic acids is 1. The molecule has 0 bridgehead atoms. The number of morpholine rings is 1. The summed E-state index contributed by atoms with van der Waals surface area (Å²) in [5.74, 6) is 0.168. The number of amides is 1. The number of nitrogens with zero attached hydrogens (tertiary/aromatic N) is 2. The second kappa shape index (κ2) is 8.51. The molecular weight excluding hydrogens is 242 g/mol. The van der Waals surface area contributed by atoms with E-state index in [-0.39, 0.29) is 12.0 Å². The van der Waals surface area contributed by atoms with Gasteiger partial charge in [-0.3, -0.25) is 9.69 Å². The summed E-state index contributed by atoms with van der Waals surface area (Å²) in [6.07, 6.45) is 0.195. The van der Waals surface area contributed by atoms with E-state index in [0.29, 0.717) is 12.6 Å². The molecule has 1 fully saturated rings. The summed E-state index contributed by atoms with van der Waals surface area (Å²) in [6, 6.07) is 0.559. The minimum absolute atomic E-state index is 0.168. The highest BCUT2D eigenvalue weighted by Crippen LogP contribution is 2.07. The van der Waals surface area contributed by atoms with E-state index in [0.717, 1.165) is 39.3 Å². The van der Waals surface area contributed by atoms with Crippen LogP contribution in [0.2, 0.25) is 0 Å². The highest BCUT2D eigenvalue weighted by atomic mass is 16.5. The minimum atomic E-state index is 0.168. The van der Waals surface area contributed by atoms with Crippen LogP contribution in [0.25, 0.3) is 0 Å². The molecule has 0 aromatic heterocycles. The van der Waals surface area contributed by atoms with Crippen molar-refractivity contribution < 1.29 is 9.53 Å². The number of ether oxygens (including phenoxy) is 1. The third-order valence-electron chi connectivity index (χ3n) is 3.66. The Bertz CT molecular complexity index is 267. The first-order valence-electron chi connectivity index (χ1n) is 7.42. The van der Waals surface area contributed by atoms with Gasteiger partial charge < -0.3 is 15.0 Å². The number of hydrogen-bond donors (Lipinski definition) is 1. The van der Waals surface area contributed by atoms with Crippen molar-refractivity contribution in [1.82, 2.24) is 15.1 Å². The van der Waals surface area contributed by atoms with Gasteiger partial charge in [-0.2, -0.15) is 0 Å². The third-order valence-corrected chi connectivity index (χ3v) is 3.66. The average molecular weight is 271 g/mol. The van der Waals surface area contributed by atoms with Crippen LogP contribution in [0.3, 0.4) is 0 Å². The summed E-state index contributed by atoms with van der Waals surface area (Å²) in [7, 11) is 0. The average Bonchev–Trinajstić information content (AvgIpc) is 2.40. The van der Waals surface area contributed by atoms with Gasteiger partial charge in [0.1, 0.15) is 0 Å². The number of likely N-dealkylation sites (N-methyl/N-ethyl adjacent to an activating group) is 1. The quantitative estimate of drug-likeness (QED) is 0.735. The van der Waals surface area contributed by atoms with Gasteiger partial charge >= 0.3 is 0 Å². The second-order valence-corrected chi connectivity index (χ2v) is 5.28. The molecule has 1 heterocycles. The van der Waals surface area contributed by atoms with Crippen LogP contribution >= 0.6 is 0 Å². The second-order valence-electron chi connectivity index (χ2n) is 5.28. The van der Waals surface area contributed by atoms with Crippen LogP contribution in [-0.2, 0) is 9.53 Å². The number of carbonyl (C=O) groups is 1. The lowest BCUT2D eigenvalue weighted by Crippen LogP contribution is -2.50. The molecule has 0 saturated carbocycles. The topological polar surface area (TPSA) is 44.8 Å². The maximum absolute atomic E-state index is 11.8. The van der Waals surface area contributed by atoms with Crippen LogP contribution < -0.4 is 5.32 Å². The molecule has 5 heteroatoms. The van der Waals surface area contributed by atoms with Gasteiger partial charge in [-0.15, -0.1) is 0 Å². The Morgan fingerprint density at radius 1 is 1.42 bits per heavy atom. The molecule has 1 atom stereocenters. The molecule has 0 aromatic rings. The van der Waals surface area contributed by atoms with E-state index >= 15 is 0 Å². The zero-order valence-electron chi connectivity index (χ0n) is 12.8. The summed E-state index contributed by atoms with van der Waals surface area (Å²) in [6.45, 7) is 13.9. The van der Waals surface area contributed by atoms with Crippen molar-refractivity contribution in [3.05, 3.63) is 0 Å². The smallest absolute Gasteiger partial charge is 0.236 e. The Morgan fingerprint density at radius 3 is 2.68 bits per heavy atom. The van der Waals surface area contributed by atoms with Crippen molar-refractivity contribution in [2.45, 2.75) is 39.8 Å². The van der Waals surface area contributed by atoms with E-state index in [1.165, 1.54) is 0 Å². The molecular formula is C14H29N3O2. The molecule has 0 radical (unpaired) electrons. The van der Waals surface area contributed by atoms with E-state index in [1.54, 1.807) is 0 Å². The van der Waals surface area contributed by atoms with Crippen LogP contribution in [0.5, 0.6) is 0 Å². The Hall–Kier alpha value is -0.650. The molecule has 1 saturated heterocycles. The van der Waals surface area contributed by atoms with Crippen molar-refractivity contribution in [3.63, 3.8) is 0 Å². The van der Waals surface area contributed by atoms with Crippen molar-refractivity contribution >= 4 is 5.91 Å². The summed E-state index contributed by atoms with van der Waals surface area (Å²) < 4.78 is 5.72. The lowest BCUT2D eigenvalue weighted by molar-refractivity contribution is -0.130. The number of rotatable bonds is 7. The highest BCUT2D eigenvalue weighted by Gasteiger charge is 2.22. The number of hydrogen-bond acceptors (Lipinski definition) is 4. The van der Waals surface area contributed by atoms with Gasteiger partial charge in [0.15, 0.2) is 0 Å².